The average Bonchev–Trinajstić information content (AvgIpc) is 3.17. The first kappa shape index (κ1) is 22.3. The molecule has 2 aromatic carbocycles. The van der Waals surface area contributed by atoms with E-state index in [2.05, 4.69) is 31.1 Å². The van der Waals surface area contributed by atoms with Crippen molar-refractivity contribution in [3.05, 3.63) is 70.2 Å². The maximum absolute atomic E-state index is 12.4. The minimum atomic E-state index is -0.564. The Balaban J connectivity index is 1.47. The van der Waals surface area contributed by atoms with E-state index in [1.807, 2.05) is 53.9 Å². The molecule has 4 nitrogen and oxygen atoms in total. The number of nitrogens with one attached hydrogen (secondary N) is 1. The van der Waals surface area contributed by atoms with Crippen molar-refractivity contribution in [3.63, 3.8) is 0 Å². The molecule has 0 saturated heterocycles. The molecule has 30 heavy (non-hydrogen) atoms. The van der Waals surface area contributed by atoms with Gasteiger partial charge in [-0.2, -0.15) is 0 Å². The summed E-state index contributed by atoms with van der Waals surface area (Å²) in [6.07, 6.45) is 0.105. The molecule has 6 heteroatoms. The van der Waals surface area contributed by atoms with E-state index in [9.17, 15) is 4.79 Å². The fourth-order valence-corrected chi connectivity index (χ4v) is 3.88. The minimum Gasteiger partial charge on any atom is -0.481 e. The Morgan fingerprint density at radius 1 is 1.13 bits per heavy atom. The molecule has 0 unspecified atom stereocenters. The third-order valence-electron chi connectivity index (χ3n) is 4.73. The molecule has 0 radical (unpaired) electrons. The number of hydrogen-bond donors (Lipinski definition) is 1. The SMILES string of the molecule is C[C@@H](Oc1ccc(C(C)(C)C)cc1)C(=O)NCCc1csc(-c2ccc(Cl)cc2)n1. The lowest BCUT2D eigenvalue weighted by molar-refractivity contribution is -0.127. The lowest BCUT2D eigenvalue weighted by atomic mass is 9.87. The van der Waals surface area contributed by atoms with Crippen LogP contribution in [0.15, 0.2) is 53.9 Å². The van der Waals surface area contributed by atoms with Crippen molar-refractivity contribution in [1.29, 1.82) is 0 Å². The Bertz CT molecular complexity index is 976. The number of aromatic nitrogens is 1. The van der Waals surface area contributed by atoms with Crippen molar-refractivity contribution in [1.82, 2.24) is 10.3 Å². The molecular weight excluding hydrogens is 416 g/mol. The van der Waals surface area contributed by atoms with Crippen LogP contribution in [-0.4, -0.2) is 23.5 Å². The van der Waals surface area contributed by atoms with Gasteiger partial charge in [0.2, 0.25) is 0 Å². The van der Waals surface area contributed by atoms with Gasteiger partial charge < -0.3 is 10.1 Å². The van der Waals surface area contributed by atoms with E-state index >= 15 is 0 Å². The number of hydrogen-bond acceptors (Lipinski definition) is 4. The summed E-state index contributed by atoms with van der Waals surface area (Å²) in [7, 11) is 0. The zero-order valence-corrected chi connectivity index (χ0v) is 19.3. The third-order valence-corrected chi connectivity index (χ3v) is 5.92. The first-order valence-electron chi connectivity index (χ1n) is 9.97. The van der Waals surface area contributed by atoms with Gasteiger partial charge in [-0.1, -0.05) is 56.6 Å². The topological polar surface area (TPSA) is 51.2 Å². The summed E-state index contributed by atoms with van der Waals surface area (Å²) in [6.45, 7) is 8.77. The molecule has 0 fully saturated rings. The zero-order chi connectivity index (χ0) is 21.7. The highest BCUT2D eigenvalue weighted by Crippen LogP contribution is 2.26. The van der Waals surface area contributed by atoms with Crippen LogP contribution in [-0.2, 0) is 16.6 Å². The van der Waals surface area contributed by atoms with E-state index in [-0.39, 0.29) is 11.3 Å². The smallest absolute Gasteiger partial charge is 0.260 e. The summed E-state index contributed by atoms with van der Waals surface area (Å²) in [5, 5.41) is 6.60. The van der Waals surface area contributed by atoms with Crippen LogP contribution in [0.4, 0.5) is 0 Å². The minimum absolute atomic E-state index is 0.0879. The van der Waals surface area contributed by atoms with E-state index in [0.717, 1.165) is 16.3 Å². The predicted molar refractivity (Wildman–Crippen MR) is 125 cm³/mol. The van der Waals surface area contributed by atoms with Crippen molar-refractivity contribution >= 4 is 28.8 Å². The van der Waals surface area contributed by atoms with Gasteiger partial charge in [0.1, 0.15) is 10.8 Å². The summed E-state index contributed by atoms with van der Waals surface area (Å²) >= 11 is 7.52. The number of benzene rings is 2. The lowest BCUT2D eigenvalue weighted by Crippen LogP contribution is -2.37. The van der Waals surface area contributed by atoms with Gasteiger partial charge in [0, 0.05) is 28.9 Å². The third kappa shape index (κ3) is 6.07. The van der Waals surface area contributed by atoms with Crippen LogP contribution in [0.2, 0.25) is 5.02 Å². The normalized spacial score (nSPS) is 12.4. The maximum atomic E-state index is 12.4. The quantitative estimate of drug-likeness (QED) is 0.496. The van der Waals surface area contributed by atoms with Crippen LogP contribution in [0.5, 0.6) is 5.75 Å². The van der Waals surface area contributed by atoms with Crippen LogP contribution in [0.25, 0.3) is 10.6 Å². The molecule has 3 aromatic rings. The lowest BCUT2D eigenvalue weighted by Gasteiger charge is -2.20. The molecule has 3 rings (SSSR count). The second kappa shape index (κ2) is 9.63. The molecule has 158 valence electrons. The van der Waals surface area contributed by atoms with Gasteiger partial charge >= 0.3 is 0 Å². The number of carbonyl (C=O) groups is 1. The monoisotopic (exact) mass is 442 g/mol. The Hall–Kier alpha value is -2.37. The van der Waals surface area contributed by atoms with Gasteiger partial charge in [-0.05, 0) is 42.2 Å². The fraction of sp³-hybridized carbons (Fsp3) is 0.333. The molecule has 0 bridgehead atoms. The van der Waals surface area contributed by atoms with E-state index in [1.54, 1.807) is 18.3 Å². The van der Waals surface area contributed by atoms with E-state index in [0.29, 0.717) is 23.7 Å². The number of nitrogens with zero attached hydrogens (tertiary/aromatic N) is 1. The number of ether oxygens (including phenoxy) is 1. The molecule has 1 aromatic heterocycles. The molecule has 0 saturated carbocycles. The molecule has 0 aliphatic carbocycles. The summed E-state index contributed by atoms with van der Waals surface area (Å²) in [5.41, 5.74) is 3.31. The molecule has 0 spiro atoms. The van der Waals surface area contributed by atoms with Gasteiger partial charge in [-0.25, -0.2) is 4.98 Å². The summed E-state index contributed by atoms with van der Waals surface area (Å²) < 4.78 is 5.78. The molecule has 1 N–H and O–H groups in total. The highest BCUT2D eigenvalue weighted by molar-refractivity contribution is 7.13. The maximum Gasteiger partial charge on any atom is 0.260 e. The molecule has 0 aliphatic heterocycles. The Morgan fingerprint density at radius 3 is 2.43 bits per heavy atom. The van der Waals surface area contributed by atoms with E-state index in [1.165, 1.54) is 5.56 Å². The van der Waals surface area contributed by atoms with Crippen molar-refractivity contribution in [3.8, 4) is 16.3 Å². The Morgan fingerprint density at radius 2 is 1.80 bits per heavy atom. The van der Waals surface area contributed by atoms with Gasteiger partial charge in [0.15, 0.2) is 6.10 Å². The van der Waals surface area contributed by atoms with Gasteiger partial charge in [0.25, 0.3) is 5.91 Å². The number of halogens is 1. The Kier molecular flexibility index (Phi) is 7.16. The van der Waals surface area contributed by atoms with Gasteiger partial charge in [-0.15, -0.1) is 11.3 Å². The van der Waals surface area contributed by atoms with Crippen molar-refractivity contribution in [2.75, 3.05) is 6.54 Å². The highest BCUT2D eigenvalue weighted by Gasteiger charge is 2.16. The number of amides is 1. The number of rotatable bonds is 7. The predicted octanol–water partition coefficient (Wildman–Crippen LogP) is 5.89. The summed E-state index contributed by atoms with van der Waals surface area (Å²) in [5.74, 6) is 0.556. The molecule has 1 amide bonds. The molecule has 1 heterocycles. The molecule has 1 atom stereocenters. The first-order valence-corrected chi connectivity index (χ1v) is 11.2. The van der Waals surface area contributed by atoms with Crippen molar-refractivity contribution in [2.45, 2.75) is 45.6 Å². The second-order valence-corrected chi connectivity index (χ2v) is 9.52. The van der Waals surface area contributed by atoms with Crippen LogP contribution in [0.3, 0.4) is 0 Å². The largest absolute Gasteiger partial charge is 0.481 e. The van der Waals surface area contributed by atoms with Crippen LogP contribution in [0.1, 0.15) is 39.0 Å². The fourth-order valence-electron chi connectivity index (χ4n) is 2.90. The standard InChI is InChI=1S/C24H27ClN2O2S/c1-16(29-21-11-7-18(8-12-21)24(2,3)4)22(28)26-14-13-20-15-30-23(27-20)17-5-9-19(25)10-6-17/h5-12,15-16H,13-14H2,1-4H3,(H,26,28)/t16-/m1/s1. The Labute approximate surface area is 187 Å². The zero-order valence-electron chi connectivity index (χ0n) is 17.7. The van der Waals surface area contributed by atoms with E-state index < -0.39 is 6.10 Å². The average molecular weight is 443 g/mol. The van der Waals surface area contributed by atoms with Crippen molar-refractivity contribution in [2.24, 2.45) is 0 Å². The summed E-state index contributed by atoms with van der Waals surface area (Å²) in [6, 6.07) is 15.5. The number of carbonyl (C=O) groups excluding carboxylic acids is 1. The molecular formula is C24H27ClN2O2S. The van der Waals surface area contributed by atoms with Crippen molar-refractivity contribution < 1.29 is 9.53 Å². The van der Waals surface area contributed by atoms with Crippen LogP contribution < -0.4 is 10.1 Å². The number of thiazole rings is 1. The van der Waals surface area contributed by atoms with Crippen LogP contribution >= 0.6 is 22.9 Å². The highest BCUT2D eigenvalue weighted by atomic mass is 35.5. The first-order chi connectivity index (χ1) is 14.2. The van der Waals surface area contributed by atoms with Gasteiger partial charge in [-0.3, -0.25) is 4.79 Å². The molecule has 0 aliphatic rings. The van der Waals surface area contributed by atoms with Crippen LogP contribution in [0, 0.1) is 0 Å². The van der Waals surface area contributed by atoms with E-state index in [4.69, 9.17) is 16.3 Å². The second-order valence-electron chi connectivity index (χ2n) is 8.23. The van der Waals surface area contributed by atoms with Gasteiger partial charge in [0.05, 0.1) is 5.69 Å². The summed E-state index contributed by atoms with van der Waals surface area (Å²) in [4.78, 5) is 17.0.